The van der Waals surface area contributed by atoms with Crippen molar-refractivity contribution in [1.29, 1.82) is 0 Å². The van der Waals surface area contributed by atoms with E-state index in [1.165, 1.54) is 0 Å². The van der Waals surface area contributed by atoms with Crippen LogP contribution in [0.15, 0.2) is 6.07 Å². The zero-order valence-electron chi connectivity index (χ0n) is 11.6. The average molecular weight is 249 g/mol. The molecule has 2 heterocycles. The lowest BCUT2D eigenvalue weighted by Gasteiger charge is -2.19. The second kappa shape index (κ2) is 5.10. The molecule has 1 aromatic heterocycles. The van der Waals surface area contributed by atoms with E-state index < -0.39 is 0 Å². The maximum Gasteiger partial charge on any atom is 0.145 e. The first-order chi connectivity index (χ1) is 8.51. The molecule has 3 N–H and O–H groups in total. The number of hydrazine groups is 1. The van der Waals surface area contributed by atoms with Gasteiger partial charge in [0.15, 0.2) is 0 Å². The fraction of sp³-hybridized carbons (Fsp3) is 0.692. The summed E-state index contributed by atoms with van der Waals surface area (Å²) >= 11 is 0. The van der Waals surface area contributed by atoms with Gasteiger partial charge in [-0.15, -0.1) is 0 Å². The molecular weight excluding hydrogens is 226 g/mol. The van der Waals surface area contributed by atoms with Crippen molar-refractivity contribution in [2.24, 2.45) is 17.7 Å². The maximum absolute atomic E-state index is 5.48. The molecule has 0 saturated carbocycles. The van der Waals surface area contributed by atoms with Gasteiger partial charge in [0, 0.05) is 25.1 Å². The van der Waals surface area contributed by atoms with E-state index in [1.807, 2.05) is 6.07 Å². The quantitative estimate of drug-likeness (QED) is 0.633. The molecule has 2 atom stereocenters. The third-order valence-corrected chi connectivity index (χ3v) is 3.71. The highest BCUT2D eigenvalue weighted by Gasteiger charge is 2.27. The highest BCUT2D eigenvalue weighted by atomic mass is 15.3. The maximum atomic E-state index is 5.48. The van der Waals surface area contributed by atoms with Gasteiger partial charge in [0.1, 0.15) is 17.5 Å². The monoisotopic (exact) mass is 249 g/mol. The second-order valence-electron chi connectivity index (χ2n) is 5.63. The molecule has 1 aliphatic heterocycles. The zero-order chi connectivity index (χ0) is 13.3. The average Bonchev–Trinajstić information content (AvgIpc) is 2.69. The third kappa shape index (κ3) is 2.56. The summed E-state index contributed by atoms with van der Waals surface area (Å²) in [6.07, 6.45) is 0. The Morgan fingerprint density at radius 2 is 1.89 bits per heavy atom. The van der Waals surface area contributed by atoms with E-state index in [9.17, 15) is 0 Å². The van der Waals surface area contributed by atoms with Crippen molar-refractivity contribution < 1.29 is 0 Å². The smallest absolute Gasteiger partial charge is 0.145 e. The number of hydrogen-bond donors (Lipinski definition) is 2. The lowest BCUT2D eigenvalue weighted by atomic mass is 10.0. The highest BCUT2D eigenvalue weighted by molar-refractivity contribution is 5.50. The van der Waals surface area contributed by atoms with E-state index in [2.05, 4.69) is 48.0 Å². The molecule has 2 unspecified atom stereocenters. The molecular formula is C13H23N5. The predicted octanol–water partition coefficient (Wildman–Crippen LogP) is 1.98. The molecule has 100 valence electrons. The fourth-order valence-corrected chi connectivity index (χ4v) is 2.26. The summed E-state index contributed by atoms with van der Waals surface area (Å²) in [6.45, 7) is 10.9. The molecule has 0 spiro atoms. The standard InChI is InChI=1S/C13H23N5/c1-8(2)13-15-11(17-14)5-12(16-13)18-6-9(3)10(4)7-18/h5,8-10H,6-7,14H2,1-4H3,(H,15,16,17). The fourth-order valence-electron chi connectivity index (χ4n) is 2.26. The van der Waals surface area contributed by atoms with E-state index >= 15 is 0 Å². The number of anilines is 2. The van der Waals surface area contributed by atoms with E-state index in [1.54, 1.807) is 0 Å². The molecule has 0 amide bonds. The van der Waals surface area contributed by atoms with Crippen molar-refractivity contribution in [2.45, 2.75) is 33.6 Å². The van der Waals surface area contributed by atoms with Crippen LogP contribution < -0.4 is 16.2 Å². The van der Waals surface area contributed by atoms with Crippen LogP contribution in [0.5, 0.6) is 0 Å². The van der Waals surface area contributed by atoms with Gasteiger partial charge < -0.3 is 10.3 Å². The van der Waals surface area contributed by atoms with Gasteiger partial charge in [0.05, 0.1) is 0 Å². The van der Waals surface area contributed by atoms with E-state index in [4.69, 9.17) is 5.84 Å². The summed E-state index contributed by atoms with van der Waals surface area (Å²) in [4.78, 5) is 11.4. The van der Waals surface area contributed by atoms with Crippen molar-refractivity contribution in [3.63, 3.8) is 0 Å². The Morgan fingerprint density at radius 3 is 2.39 bits per heavy atom. The molecule has 0 radical (unpaired) electrons. The topological polar surface area (TPSA) is 67.1 Å². The number of nitrogens with zero attached hydrogens (tertiary/aromatic N) is 3. The Labute approximate surface area is 109 Å². The Bertz CT molecular complexity index is 408. The van der Waals surface area contributed by atoms with Crippen LogP contribution in [0, 0.1) is 11.8 Å². The zero-order valence-corrected chi connectivity index (χ0v) is 11.6. The van der Waals surface area contributed by atoms with Crippen LogP contribution in [0.2, 0.25) is 0 Å². The lowest BCUT2D eigenvalue weighted by Crippen LogP contribution is -2.22. The minimum Gasteiger partial charge on any atom is -0.356 e. The third-order valence-electron chi connectivity index (χ3n) is 3.71. The molecule has 2 rings (SSSR count). The summed E-state index contributed by atoms with van der Waals surface area (Å²) in [6, 6.07) is 1.93. The largest absolute Gasteiger partial charge is 0.356 e. The first kappa shape index (κ1) is 13.1. The van der Waals surface area contributed by atoms with Gasteiger partial charge in [-0.3, -0.25) is 0 Å². The Kier molecular flexibility index (Phi) is 3.71. The molecule has 0 bridgehead atoms. The van der Waals surface area contributed by atoms with E-state index in [0.717, 1.165) is 24.7 Å². The van der Waals surface area contributed by atoms with Crippen molar-refractivity contribution in [3.8, 4) is 0 Å². The van der Waals surface area contributed by atoms with Crippen molar-refractivity contribution in [1.82, 2.24) is 9.97 Å². The van der Waals surface area contributed by atoms with Gasteiger partial charge in [-0.2, -0.15) is 0 Å². The first-order valence-corrected chi connectivity index (χ1v) is 6.61. The van der Waals surface area contributed by atoms with Gasteiger partial charge in [-0.1, -0.05) is 27.7 Å². The molecule has 5 heteroatoms. The molecule has 0 aliphatic carbocycles. The number of aromatic nitrogens is 2. The van der Waals surface area contributed by atoms with Crippen molar-refractivity contribution >= 4 is 11.6 Å². The van der Waals surface area contributed by atoms with E-state index in [0.29, 0.717) is 23.6 Å². The molecule has 18 heavy (non-hydrogen) atoms. The van der Waals surface area contributed by atoms with Gasteiger partial charge in [0.25, 0.3) is 0 Å². The number of nitrogens with two attached hydrogens (primary N) is 1. The summed E-state index contributed by atoms with van der Waals surface area (Å²) in [5, 5.41) is 0. The van der Waals surface area contributed by atoms with Crippen molar-refractivity contribution in [3.05, 3.63) is 11.9 Å². The number of nitrogens with one attached hydrogen (secondary N) is 1. The number of nitrogen functional groups attached to an aromatic ring is 1. The Balaban J connectivity index is 2.30. The highest BCUT2D eigenvalue weighted by Crippen LogP contribution is 2.28. The molecule has 5 nitrogen and oxygen atoms in total. The number of rotatable bonds is 3. The minimum absolute atomic E-state index is 0.300. The van der Waals surface area contributed by atoms with Crippen LogP contribution in [0.3, 0.4) is 0 Å². The molecule has 1 aliphatic rings. The predicted molar refractivity (Wildman–Crippen MR) is 74.5 cm³/mol. The van der Waals surface area contributed by atoms with Crippen LogP contribution in [0.4, 0.5) is 11.6 Å². The normalized spacial score (nSPS) is 23.8. The van der Waals surface area contributed by atoms with Crippen LogP contribution in [0.1, 0.15) is 39.4 Å². The summed E-state index contributed by atoms with van der Waals surface area (Å²) in [7, 11) is 0. The number of hydrogen-bond acceptors (Lipinski definition) is 5. The minimum atomic E-state index is 0.300. The summed E-state index contributed by atoms with van der Waals surface area (Å²) in [5.74, 6) is 9.71. The summed E-state index contributed by atoms with van der Waals surface area (Å²) < 4.78 is 0. The van der Waals surface area contributed by atoms with Crippen LogP contribution in [0.25, 0.3) is 0 Å². The van der Waals surface area contributed by atoms with Gasteiger partial charge in [-0.25, -0.2) is 15.8 Å². The van der Waals surface area contributed by atoms with Gasteiger partial charge in [0.2, 0.25) is 0 Å². The summed E-state index contributed by atoms with van der Waals surface area (Å²) in [5.41, 5.74) is 2.63. The molecule has 1 aromatic rings. The Hall–Kier alpha value is -1.36. The first-order valence-electron chi connectivity index (χ1n) is 6.61. The SMILES string of the molecule is CC(C)c1nc(NN)cc(N2CC(C)C(C)C2)n1. The van der Waals surface area contributed by atoms with Crippen LogP contribution in [-0.4, -0.2) is 23.1 Å². The van der Waals surface area contributed by atoms with Crippen molar-refractivity contribution in [2.75, 3.05) is 23.4 Å². The van der Waals surface area contributed by atoms with Gasteiger partial charge >= 0.3 is 0 Å². The van der Waals surface area contributed by atoms with Crippen LogP contribution in [-0.2, 0) is 0 Å². The van der Waals surface area contributed by atoms with Crippen LogP contribution >= 0.6 is 0 Å². The van der Waals surface area contributed by atoms with E-state index in [-0.39, 0.29) is 0 Å². The lowest BCUT2D eigenvalue weighted by molar-refractivity contribution is 0.494. The molecule has 0 aromatic carbocycles. The Morgan fingerprint density at radius 1 is 1.28 bits per heavy atom. The molecule has 1 saturated heterocycles. The molecule has 1 fully saturated rings. The second-order valence-corrected chi connectivity index (χ2v) is 5.63. The van der Waals surface area contributed by atoms with Gasteiger partial charge in [-0.05, 0) is 11.8 Å².